The Hall–Kier alpha value is -2.29. The molecule has 0 atom stereocenters. The van der Waals surface area contributed by atoms with Gasteiger partial charge in [-0.25, -0.2) is 8.42 Å². The predicted molar refractivity (Wildman–Crippen MR) is 115 cm³/mol. The Morgan fingerprint density at radius 3 is 2.52 bits per heavy atom. The van der Waals surface area contributed by atoms with Gasteiger partial charge in [0, 0.05) is 17.3 Å². The molecule has 0 saturated heterocycles. The van der Waals surface area contributed by atoms with Crippen LogP contribution in [0.1, 0.15) is 5.82 Å². The minimum absolute atomic E-state index is 0.223. The van der Waals surface area contributed by atoms with Crippen molar-refractivity contribution in [3.05, 3.63) is 78.1 Å². The van der Waals surface area contributed by atoms with Crippen molar-refractivity contribution in [2.75, 3.05) is 12.4 Å². The van der Waals surface area contributed by atoms with E-state index in [1.54, 1.807) is 65.2 Å². The van der Waals surface area contributed by atoms with Crippen LogP contribution in [0.25, 0.3) is 0 Å². The largest absolute Gasteiger partial charge is 0.493 e. The van der Waals surface area contributed by atoms with Gasteiger partial charge in [-0.3, -0.25) is 0 Å². The number of allylic oxidation sites excluding steroid dienone is 1. The summed E-state index contributed by atoms with van der Waals surface area (Å²) < 4.78 is 32.8. The highest BCUT2D eigenvalue weighted by Crippen LogP contribution is 2.22. The molecule has 0 saturated carbocycles. The van der Waals surface area contributed by atoms with E-state index < -0.39 is 9.84 Å². The fraction of sp³-hybridized carbons (Fsp3) is 0.200. The van der Waals surface area contributed by atoms with Gasteiger partial charge in [-0.1, -0.05) is 47.6 Å². The summed E-state index contributed by atoms with van der Waals surface area (Å²) in [6, 6.07) is 15.5. The fourth-order valence-corrected chi connectivity index (χ4v) is 4.75. The third-order valence-electron chi connectivity index (χ3n) is 3.92. The van der Waals surface area contributed by atoms with Gasteiger partial charge in [0.15, 0.2) is 15.0 Å². The summed E-state index contributed by atoms with van der Waals surface area (Å²) in [5.74, 6) is 1.52. The van der Waals surface area contributed by atoms with Crippen molar-refractivity contribution >= 4 is 33.2 Å². The summed E-state index contributed by atoms with van der Waals surface area (Å²) in [6.07, 6.45) is 1.69. The number of hydrogen-bond acceptors (Lipinski definition) is 6. The minimum Gasteiger partial charge on any atom is -0.493 e. The van der Waals surface area contributed by atoms with Gasteiger partial charge in [-0.15, -0.1) is 16.8 Å². The van der Waals surface area contributed by atoms with Crippen LogP contribution in [-0.2, 0) is 22.1 Å². The van der Waals surface area contributed by atoms with Gasteiger partial charge in [0.05, 0.1) is 11.5 Å². The third kappa shape index (κ3) is 5.85. The number of rotatable bonds is 10. The first-order valence-electron chi connectivity index (χ1n) is 8.81. The zero-order chi connectivity index (χ0) is 20.7. The van der Waals surface area contributed by atoms with Crippen molar-refractivity contribution in [3.8, 4) is 5.75 Å². The maximum atomic E-state index is 12.7. The number of thioether (sulfide) groups is 1. The van der Waals surface area contributed by atoms with Crippen LogP contribution in [0.3, 0.4) is 0 Å². The summed E-state index contributed by atoms with van der Waals surface area (Å²) in [5, 5.41) is 9.54. The Bertz CT molecular complexity index is 1050. The van der Waals surface area contributed by atoms with E-state index in [4.69, 9.17) is 16.3 Å². The van der Waals surface area contributed by atoms with Gasteiger partial charge in [-0.05, 0) is 36.4 Å². The zero-order valence-electron chi connectivity index (χ0n) is 15.6. The number of sulfone groups is 1. The first-order valence-corrected chi connectivity index (χ1v) is 11.8. The van der Waals surface area contributed by atoms with Gasteiger partial charge in [0.2, 0.25) is 0 Å². The lowest BCUT2D eigenvalue weighted by molar-refractivity contribution is 0.344. The lowest BCUT2D eigenvalue weighted by Crippen LogP contribution is -2.11. The van der Waals surface area contributed by atoms with Crippen LogP contribution >= 0.6 is 23.4 Å². The molecule has 0 unspecified atom stereocenters. The monoisotopic (exact) mass is 449 g/mol. The second kappa shape index (κ2) is 9.96. The third-order valence-corrected chi connectivity index (χ3v) is 6.74. The molecule has 6 nitrogen and oxygen atoms in total. The number of benzene rings is 2. The molecule has 0 N–H and O–H groups in total. The Kier molecular flexibility index (Phi) is 7.35. The standard InChI is InChI=1S/C20H20ClN3O3S2/c1-2-12-24-19(15-29(25,26)18-6-4-3-5-7-18)22-23-20(24)28-14-13-27-17-10-8-16(21)9-11-17/h2-11H,1,12-15H2. The van der Waals surface area contributed by atoms with Crippen molar-refractivity contribution in [2.24, 2.45) is 0 Å². The van der Waals surface area contributed by atoms with E-state index in [9.17, 15) is 8.42 Å². The molecule has 3 rings (SSSR count). The summed E-state index contributed by atoms with van der Waals surface area (Å²) in [5.41, 5.74) is 0. The van der Waals surface area contributed by atoms with Crippen LogP contribution in [0.5, 0.6) is 5.75 Å². The van der Waals surface area contributed by atoms with Gasteiger partial charge in [0.1, 0.15) is 17.3 Å². The van der Waals surface area contributed by atoms with Gasteiger partial charge in [-0.2, -0.15) is 0 Å². The zero-order valence-corrected chi connectivity index (χ0v) is 18.0. The second-order valence-corrected chi connectivity index (χ2v) is 9.51. The second-order valence-electron chi connectivity index (χ2n) is 6.02. The maximum absolute atomic E-state index is 12.7. The molecule has 0 aliphatic heterocycles. The minimum atomic E-state index is -3.51. The molecule has 0 bridgehead atoms. The topological polar surface area (TPSA) is 74.1 Å². The van der Waals surface area contributed by atoms with Crippen LogP contribution in [0, 0.1) is 0 Å². The molecule has 2 aromatic carbocycles. The van der Waals surface area contributed by atoms with E-state index in [1.165, 1.54) is 11.8 Å². The highest BCUT2D eigenvalue weighted by atomic mass is 35.5. The predicted octanol–water partition coefficient (Wildman–Crippen LogP) is 4.26. The molecule has 0 radical (unpaired) electrons. The highest BCUT2D eigenvalue weighted by molar-refractivity contribution is 7.99. The summed E-state index contributed by atoms with van der Waals surface area (Å²) in [4.78, 5) is 0.263. The Balaban J connectivity index is 1.65. The van der Waals surface area contributed by atoms with Crippen LogP contribution in [0.4, 0.5) is 0 Å². The average molecular weight is 450 g/mol. The molecule has 1 heterocycles. The fourth-order valence-electron chi connectivity index (χ4n) is 2.55. The number of aromatic nitrogens is 3. The smallest absolute Gasteiger partial charge is 0.191 e. The van der Waals surface area contributed by atoms with Crippen molar-refractivity contribution in [2.45, 2.75) is 22.3 Å². The van der Waals surface area contributed by atoms with Crippen LogP contribution in [-0.4, -0.2) is 35.5 Å². The number of hydrogen-bond donors (Lipinski definition) is 0. The maximum Gasteiger partial charge on any atom is 0.191 e. The molecule has 1 aromatic heterocycles. The summed E-state index contributed by atoms with van der Waals surface area (Å²) in [7, 11) is -3.51. The molecule has 152 valence electrons. The molecule has 9 heteroatoms. The average Bonchev–Trinajstić information content (AvgIpc) is 3.08. The van der Waals surface area contributed by atoms with Crippen LogP contribution in [0.15, 0.2) is 77.3 Å². The molecule has 0 spiro atoms. The molecule has 29 heavy (non-hydrogen) atoms. The van der Waals surface area contributed by atoms with Crippen molar-refractivity contribution in [1.82, 2.24) is 14.8 Å². The number of halogens is 1. The SMILES string of the molecule is C=CCn1c(CS(=O)(=O)c2ccccc2)nnc1SCCOc1ccc(Cl)cc1. The number of nitrogens with zero attached hydrogens (tertiary/aromatic N) is 3. The van der Waals surface area contributed by atoms with E-state index in [0.717, 1.165) is 5.75 Å². The molecule has 0 aliphatic carbocycles. The van der Waals surface area contributed by atoms with E-state index in [-0.39, 0.29) is 10.6 Å². The lowest BCUT2D eigenvalue weighted by atomic mass is 10.3. The van der Waals surface area contributed by atoms with E-state index in [2.05, 4.69) is 16.8 Å². The quantitative estimate of drug-likeness (QED) is 0.261. The van der Waals surface area contributed by atoms with Crippen molar-refractivity contribution in [1.29, 1.82) is 0 Å². The molecule has 3 aromatic rings. The normalized spacial score (nSPS) is 11.3. The van der Waals surface area contributed by atoms with Gasteiger partial charge < -0.3 is 9.30 Å². The highest BCUT2D eigenvalue weighted by Gasteiger charge is 2.21. The van der Waals surface area contributed by atoms with E-state index in [1.807, 2.05) is 0 Å². The van der Waals surface area contributed by atoms with Crippen molar-refractivity contribution < 1.29 is 13.2 Å². The Morgan fingerprint density at radius 2 is 1.83 bits per heavy atom. The summed E-state index contributed by atoms with van der Waals surface area (Å²) in [6.45, 7) is 4.63. The first kappa shape index (κ1) is 21.4. The molecular formula is C20H20ClN3O3S2. The molecule has 0 amide bonds. The van der Waals surface area contributed by atoms with E-state index >= 15 is 0 Å². The van der Waals surface area contributed by atoms with E-state index in [0.29, 0.717) is 34.9 Å². The van der Waals surface area contributed by atoms with Gasteiger partial charge >= 0.3 is 0 Å². The van der Waals surface area contributed by atoms with Crippen LogP contribution < -0.4 is 4.74 Å². The molecule has 0 fully saturated rings. The molecular weight excluding hydrogens is 430 g/mol. The Morgan fingerprint density at radius 1 is 1.10 bits per heavy atom. The van der Waals surface area contributed by atoms with Crippen LogP contribution in [0.2, 0.25) is 5.02 Å². The molecule has 0 aliphatic rings. The summed E-state index contributed by atoms with van der Waals surface area (Å²) >= 11 is 7.31. The van der Waals surface area contributed by atoms with Crippen molar-refractivity contribution in [3.63, 3.8) is 0 Å². The number of ether oxygens (including phenoxy) is 1. The van der Waals surface area contributed by atoms with Gasteiger partial charge in [0.25, 0.3) is 0 Å². The Labute approximate surface area is 179 Å². The first-order chi connectivity index (χ1) is 14.0. The lowest BCUT2D eigenvalue weighted by Gasteiger charge is -2.09.